The summed E-state index contributed by atoms with van der Waals surface area (Å²) in [5.74, 6) is 0. The van der Waals surface area contributed by atoms with Crippen LogP contribution in [0.5, 0.6) is 0 Å². The molecule has 6 heteroatoms. The average molecular weight is 257 g/mol. The van der Waals surface area contributed by atoms with Gasteiger partial charge in [0.15, 0.2) is 0 Å². The van der Waals surface area contributed by atoms with Crippen LogP contribution in [0, 0.1) is 10.1 Å². The van der Waals surface area contributed by atoms with Crippen LogP contribution in [-0.4, -0.2) is 4.92 Å². The van der Waals surface area contributed by atoms with Gasteiger partial charge in [-0.3, -0.25) is 10.1 Å². The molecule has 0 saturated heterocycles. The first-order chi connectivity index (χ1) is 7.52. The molecule has 82 valence electrons. The van der Waals surface area contributed by atoms with E-state index in [0.29, 0.717) is 16.5 Å². The maximum Gasteiger partial charge on any atom is 0.278 e. The SMILES string of the molecule is Nc1c(Cl)cc(Cl)c2c([N+](=O)[O-])cccc12. The zero-order chi connectivity index (χ0) is 11.9. The number of halogens is 2. The third kappa shape index (κ3) is 1.56. The molecule has 2 aromatic carbocycles. The molecule has 0 aromatic heterocycles. The Kier molecular flexibility index (Phi) is 2.61. The standard InChI is InChI=1S/C10H6Cl2N2O2/c11-6-4-7(12)10(13)5-2-1-3-8(9(5)6)14(15)16/h1-4H,13H2. The number of nitrogen functional groups attached to an aromatic ring is 1. The molecule has 0 saturated carbocycles. The molecule has 0 spiro atoms. The summed E-state index contributed by atoms with van der Waals surface area (Å²) in [6.45, 7) is 0. The van der Waals surface area contributed by atoms with Crippen LogP contribution in [0.15, 0.2) is 24.3 Å². The van der Waals surface area contributed by atoms with Gasteiger partial charge in [0.25, 0.3) is 5.69 Å². The normalized spacial score (nSPS) is 10.6. The van der Waals surface area contributed by atoms with Gasteiger partial charge in [-0.25, -0.2) is 0 Å². The molecule has 0 bridgehead atoms. The fraction of sp³-hybridized carbons (Fsp3) is 0. The van der Waals surface area contributed by atoms with E-state index in [-0.39, 0.29) is 15.7 Å². The van der Waals surface area contributed by atoms with Gasteiger partial charge in [0.1, 0.15) is 0 Å². The fourth-order valence-electron chi connectivity index (χ4n) is 1.56. The van der Waals surface area contributed by atoms with Crippen LogP contribution in [0.25, 0.3) is 10.8 Å². The van der Waals surface area contributed by atoms with Gasteiger partial charge in [0.2, 0.25) is 0 Å². The number of nitro benzene ring substituents is 1. The monoisotopic (exact) mass is 256 g/mol. The number of non-ortho nitro benzene ring substituents is 1. The highest BCUT2D eigenvalue weighted by atomic mass is 35.5. The molecular weight excluding hydrogens is 251 g/mol. The van der Waals surface area contributed by atoms with Gasteiger partial charge < -0.3 is 5.73 Å². The minimum Gasteiger partial charge on any atom is -0.397 e. The maximum absolute atomic E-state index is 10.8. The fourth-order valence-corrected chi connectivity index (χ4v) is 2.13. The zero-order valence-electron chi connectivity index (χ0n) is 7.91. The number of anilines is 1. The topological polar surface area (TPSA) is 69.2 Å². The molecule has 4 nitrogen and oxygen atoms in total. The summed E-state index contributed by atoms with van der Waals surface area (Å²) in [5, 5.41) is 12.2. The Labute approximate surface area is 101 Å². The number of nitrogens with two attached hydrogens (primary N) is 1. The summed E-state index contributed by atoms with van der Waals surface area (Å²) >= 11 is 11.8. The molecule has 2 rings (SSSR count). The smallest absolute Gasteiger partial charge is 0.278 e. The molecule has 0 amide bonds. The Bertz CT molecular complexity index is 599. The molecule has 16 heavy (non-hydrogen) atoms. The Balaban J connectivity index is 2.99. The molecule has 2 N–H and O–H groups in total. The van der Waals surface area contributed by atoms with Crippen molar-refractivity contribution in [2.24, 2.45) is 0 Å². The molecule has 0 radical (unpaired) electrons. The van der Waals surface area contributed by atoms with Gasteiger partial charge in [0, 0.05) is 11.5 Å². The summed E-state index contributed by atoms with van der Waals surface area (Å²) in [6, 6.07) is 5.98. The molecule has 0 atom stereocenters. The Morgan fingerprint density at radius 3 is 2.56 bits per heavy atom. The highest BCUT2D eigenvalue weighted by Gasteiger charge is 2.17. The van der Waals surface area contributed by atoms with Gasteiger partial charge in [-0.1, -0.05) is 35.3 Å². The molecule has 0 aliphatic heterocycles. The molecule has 0 aliphatic rings. The van der Waals surface area contributed by atoms with E-state index in [4.69, 9.17) is 28.9 Å². The van der Waals surface area contributed by atoms with E-state index in [1.54, 1.807) is 12.1 Å². The predicted molar refractivity (Wildman–Crippen MR) is 65.0 cm³/mol. The predicted octanol–water partition coefficient (Wildman–Crippen LogP) is 3.64. The summed E-state index contributed by atoms with van der Waals surface area (Å²) in [4.78, 5) is 10.3. The van der Waals surface area contributed by atoms with Crippen LogP contribution in [-0.2, 0) is 0 Å². The second-order valence-electron chi connectivity index (χ2n) is 3.21. The summed E-state index contributed by atoms with van der Waals surface area (Å²) in [6.07, 6.45) is 0. The van der Waals surface area contributed by atoms with Gasteiger partial charge >= 0.3 is 0 Å². The van der Waals surface area contributed by atoms with E-state index in [1.807, 2.05) is 0 Å². The lowest BCUT2D eigenvalue weighted by atomic mass is 10.1. The van der Waals surface area contributed by atoms with Crippen LogP contribution in [0.3, 0.4) is 0 Å². The van der Waals surface area contributed by atoms with Crippen LogP contribution < -0.4 is 5.73 Å². The van der Waals surface area contributed by atoms with Crippen LogP contribution in [0.2, 0.25) is 10.0 Å². The number of fused-ring (bicyclic) bond motifs is 1. The van der Waals surface area contributed by atoms with E-state index >= 15 is 0 Å². The first-order valence-electron chi connectivity index (χ1n) is 4.33. The molecule has 0 heterocycles. The minimum atomic E-state index is -0.498. The quantitative estimate of drug-likeness (QED) is 0.481. The number of hydrogen-bond donors (Lipinski definition) is 1. The molecule has 0 aliphatic carbocycles. The first-order valence-corrected chi connectivity index (χ1v) is 5.08. The van der Waals surface area contributed by atoms with Crippen LogP contribution in [0.1, 0.15) is 0 Å². The largest absolute Gasteiger partial charge is 0.397 e. The molecular formula is C10H6Cl2N2O2. The highest BCUT2D eigenvalue weighted by Crippen LogP contribution is 2.38. The van der Waals surface area contributed by atoms with Crippen molar-refractivity contribution in [2.45, 2.75) is 0 Å². The molecule has 2 aromatic rings. The number of hydrogen-bond acceptors (Lipinski definition) is 3. The Hall–Kier alpha value is -1.52. The number of nitrogens with zero attached hydrogens (tertiary/aromatic N) is 1. The summed E-state index contributed by atoms with van der Waals surface area (Å²) in [7, 11) is 0. The molecule has 0 unspecified atom stereocenters. The van der Waals surface area contributed by atoms with Crippen molar-refractivity contribution in [3.8, 4) is 0 Å². The van der Waals surface area contributed by atoms with Crippen molar-refractivity contribution in [2.75, 3.05) is 5.73 Å². The Morgan fingerprint density at radius 1 is 1.25 bits per heavy atom. The average Bonchev–Trinajstić information content (AvgIpc) is 2.25. The minimum absolute atomic E-state index is 0.0779. The second kappa shape index (κ2) is 3.81. The number of benzene rings is 2. The van der Waals surface area contributed by atoms with E-state index < -0.39 is 4.92 Å². The lowest BCUT2D eigenvalue weighted by molar-refractivity contribution is -0.383. The molecule has 0 fully saturated rings. The van der Waals surface area contributed by atoms with Gasteiger partial charge in [0.05, 0.1) is 26.0 Å². The van der Waals surface area contributed by atoms with Crippen molar-refractivity contribution in [1.29, 1.82) is 0 Å². The third-order valence-corrected chi connectivity index (χ3v) is 2.89. The highest BCUT2D eigenvalue weighted by molar-refractivity contribution is 6.41. The lowest BCUT2D eigenvalue weighted by Gasteiger charge is -2.06. The van der Waals surface area contributed by atoms with Crippen LogP contribution in [0.4, 0.5) is 11.4 Å². The van der Waals surface area contributed by atoms with E-state index in [1.165, 1.54) is 12.1 Å². The summed E-state index contributed by atoms with van der Waals surface area (Å²) < 4.78 is 0. The second-order valence-corrected chi connectivity index (χ2v) is 4.03. The van der Waals surface area contributed by atoms with Gasteiger partial charge in [-0.05, 0) is 6.07 Å². The summed E-state index contributed by atoms with van der Waals surface area (Å²) in [5.41, 5.74) is 5.96. The first kappa shape index (κ1) is 11.0. The zero-order valence-corrected chi connectivity index (χ0v) is 9.42. The lowest BCUT2D eigenvalue weighted by Crippen LogP contribution is -1.94. The van der Waals surface area contributed by atoms with Crippen molar-refractivity contribution in [3.63, 3.8) is 0 Å². The number of rotatable bonds is 1. The van der Waals surface area contributed by atoms with Gasteiger partial charge in [-0.2, -0.15) is 0 Å². The van der Waals surface area contributed by atoms with Crippen molar-refractivity contribution in [3.05, 3.63) is 44.4 Å². The van der Waals surface area contributed by atoms with Crippen molar-refractivity contribution in [1.82, 2.24) is 0 Å². The van der Waals surface area contributed by atoms with Crippen LogP contribution >= 0.6 is 23.2 Å². The van der Waals surface area contributed by atoms with E-state index in [9.17, 15) is 10.1 Å². The number of nitro groups is 1. The van der Waals surface area contributed by atoms with Crippen molar-refractivity contribution < 1.29 is 4.92 Å². The Morgan fingerprint density at radius 2 is 1.94 bits per heavy atom. The maximum atomic E-state index is 10.8. The van der Waals surface area contributed by atoms with Crippen molar-refractivity contribution >= 4 is 45.3 Å². The third-order valence-electron chi connectivity index (χ3n) is 2.28. The van der Waals surface area contributed by atoms with E-state index in [2.05, 4.69) is 0 Å². The van der Waals surface area contributed by atoms with E-state index in [0.717, 1.165) is 0 Å². The van der Waals surface area contributed by atoms with Gasteiger partial charge in [-0.15, -0.1) is 0 Å².